The van der Waals surface area contributed by atoms with E-state index in [0.29, 0.717) is 0 Å². The molecule has 29 heavy (non-hydrogen) atoms. The summed E-state index contributed by atoms with van der Waals surface area (Å²) < 4.78 is 10.1. The number of benzene rings is 2. The number of alkyl carbamates (subject to hydrolysis) is 1. The van der Waals surface area contributed by atoms with E-state index < -0.39 is 12.1 Å². The molecule has 0 aromatic heterocycles. The molecule has 1 unspecified atom stereocenters. The molecule has 0 saturated carbocycles. The first kappa shape index (κ1) is 21.9. The molecular weight excluding hydrogens is 372 g/mol. The van der Waals surface area contributed by atoms with Gasteiger partial charge in [0.2, 0.25) is 5.91 Å². The number of carbonyl (C=O) groups excluding carboxylic acids is 3. The van der Waals surface area contributed by atoms with Crippen LogP contribution in [0.15, 0.2) is 60.7 Å². The van der Waals surface area contributed by atoms with Gasteiger partial charge >= 0.3 is 12.1 Å². The third-order valence-corrected chi connectivity index (χ3v) is 4.05. The zero-order chi connectivity index (χ0) is 20.9. The molecule has 0 aliphatic rings. The molecule has 7 nitrogen and oxygen atoms in total. The van der Waals surface area contributed by atoms with Crippen LogP contribution in [0.5, 0.6) is 0 Å². The van der Waals surface area contributed by atoms with Crippen LogP contribution < -0.4 is 10.6 Å². The van der Waals surface area contributed by atoms with Crippen LogP contribution in [-0.4, -0.2) is 31.1 Å². The van der Waals surface area contributed by atoms with E-state index in [4.69, 9.17) is 9.47 Å². The fourth-order valence-electron chi connectivity index (χ4n) is 2.64. The maximum Gasteiger partial charge on any atom is 0.407 e. The molecule has 2 N–H and O–H groups in total. The lowest BCUT2D eigenvalue weighted by Gasteiger charge is -2.18. The lowest BCUT2D eigenvalue weighted by Crippen LogP contribution is -2.34. The molecule has 2 aromatic carbocycles. The van der Waals surface area contributed by atoms with E-state index in [1.54, 1.807) is 6.92 Å². The highest BCUT2D eigenvalue weighted by Gasteiger charge is 2.19. The molecule has 0 heterocycles. The molecule has 154 valence electrons. The Bertz CT molecular complexity index is 780. The van der Waals surface area contributed by atoms with E-state index in [0.717, 1.165) is 11.1 Å². The third kappa shape index (κ3) is 8.47. The van der Waals surface area contributed by atoms with Crippen LogP contribution in [0.4, 0.5) is 4.79 Å². The molecule has 0 bridgehead atoms. The Labute approximate surface area is 170 Å². The fraction of sp³-hybridized carbons (Fsp3) is 0.318. The minimum Gasteiger partial charge on any atom is -0.466 e. The summed E-state index contributed by atoms with van der Waals surface area (Å²) in [5.41, 5.74) is 1.69. The van der Waals surface area contributed by atoms with Crippen molar-refractivity contribution >= 4 is 18.0 Å². The Balaban J connectivity index is 1.77. The van der Waals surface area contributed by atoms with Gasteiger partial charge in [-0.1, -0.05) is 60.7 Å². The van der Waals surface area contributed by atoms with Crippen molar-refractivity contribution < 1.29 is 23.9 Å². The molecule has 0 saturated heterocycles. The second-order valence-corrected chi connectivity index (χ2v) is 6.28. The minimum atomic E-state index is -0.590. The number of amides is 2. The number of carbonyl (C=O) groups is 3. The molecule has 0 fully saturated rings. The summed E-state index contributed by atoms with van der Waals surface area (Å²) >= 11 is 0. The monoisotopic (exact) mass is 398 g/mol. The molecule has 7 heteroatoms. The van der Waals surface area contributed by atoms with E-state index in [-0.39, 0.29) is 44.5 Å². The maximum absolute atomic E-state index is 12.3. The highest BCUT2D eigenvalue weighted by Crippen LogP contribution is 2.17. The Kier molecular flexibility index (Phi) is 9.21. The van der Waals surface area contributed by atoms with Crippen molar-refractivity contribution in [2.75, 3.05) is 13.2 Å². The van der Waals surface area contributed by atoms with E-state index >= 15 is 0 Å². The topological polar surface area (TPSA) is 93.7 Å². The predicted molar refractivity (Wildman–Crippen MR) is 108 cm³/mol. The van der Waals surface area contributed by atoms with Gasteiger partial charge < -0.3 is 20.1 Å². The lowest BCUT2D eigenvalue weighted by atomic mass is 10.0. The lowest BCUT2D eigenvalue weighted by molar-refractivity contribution is -0.143. The van der Waals surface area contributed by atoms with Gasteiger partial charge in [0, 0.05) is 13.0 Å². The van der Waals surface area contributed by atoms with Gasteiger partial charge in [0.05, 0.1) is 19.1 Å². The summed E-state index contributed by atoms with van der Waals surface area (Å²) in [5.74, 6) is -0.671. The fourth-order valence-corrected chi connectivity index (χ4v) is 2.64. The van der Waals surface area contributed by atoms with Gasteiger partial charge in [-0.3, -0.25) is 9.59 Å². The highest BCUT2D eigenvalue weighted by atomic mass is 16.5. The molecule has 0 aliphatic heterocycles. The zero-order valence-corrected chi connectivity index (χ0v) is 16.4. The van der Waals surface area contributed by atoms with Crippen molar-refractivity contribution in [2.24, 2.45) is 0 Å². The summed E-state index contributed by atoms with van der Waals surface area (Å²) in [6.45, 7) is 2.30. The highest BCUT2D eigenvalue weighted by molar-refractivity contribution is 5.79. The van der Waals surface area contributed by atoms with Crippen molar-refractivity contribution in [3.63, 3.8) is 0 Å². The Morgan fingerprint density at radius 1 is 0.931 bits per heavy atom. The van der Waals surface area contributed by atoms with Crippen molar-refractivity contribution in [3.05, 3.63) is 71.8 Å². The summed E-state index contributed by atoms with van der Waals surface area (Å²) in [5, 5.41) is 5.37. The molecule has 0 aliphatic carbocycles. The standard InChI is InChI=1S/C22H26N2O5/c1-2-28-21(26)15-19(18-11-7-4-8-12-18)24-20(25)13-14-23-22(27)29-16-17-9-5-3-6-10-17/h3-12,19H,2,13-16H2,1H3,(H,23,27)(H,24,25). The predicted octanol–water partition coefficient (Wildman–Crippen LogP) is 3.11. The maximum atomic E-state index is 12.3. The van der Waals surface area contributed by atoms with Gasteiger partial charge in [-0.15, -0.1) is 0 Å². The van der Waals surface area contributed by atoms with Crippen LogP contribution in [0, 0.1) is 0 Å². The van der Waals surface area contributed by atoms with E-state index in [2.05, 4.69) is 10.6 Å². The van der Waals surface area contributed by atoms with Gasteiger partial charge in [-0.2, -0.15) is 0 Å². The largest absolute Gasteiger partial charge is 0.466 e. The summed E-state index contributed by atoms with van der Waals surface area (Å²) in [4.78, 5) is 35.9. The van der Waals surface area contributed by atoms with Crippen LogP contribution >= 0.6 is 0 Å². The SMILES string of the molecule is CCOC(=O)CC(NC(=O)CCNC(=O)OCc1ccccc1)c1ccccc1. The van der Waals surface area contributed by atoms with Crippen LogP contribution in [0.2, 0.25) is 0 Å². The molecule has 2 amide bonds. The van der Waals surface area contributed by atoms with Gasteiger partial charge in [0.15, 0.2) is 0 Å². The van der Waals surface area contributed by atoms with Gasteiger partial charge in [0.1, 0.15) is 6.61 Å². The van der Waals surface area contributed by atoms with E-state index in [1.807, 2.05) is 60.7 Å². The van der Waals surface area contributed by atoms with Crippen LogP contribution in [0.3, 0.4) is 0 Å². The number of esters is 1. The second-order valence-electron chi connectivity index (χ2n) is 6.28. The van der Waals surface area contributed by atoms with Crippen molar-refractivity contribution in [2.45, 2.75) is 32.4 Å². The first-order valence-corrected chi connectivity index (χ1v) is 9.53. The average molecular weight is 398 g/mol. The Hall–Kier alpha value is -3.35. The smallest absolute Gasteiger partial charge is 0.407 e. The van der Waals surface area contributed by atoms with Crippen molar-refractivity contribution in [3.8, 4) is 0 Å². The van der Waals surface area contributed by atoms with Crippen molar-refractivity contribution in [1.82, 2.24) is 10.6 Å². The molecular formula is C22H26N2O5. The van der Waals surface area contributed by atoms with Gasteiger partial charge in [0.25, 0.3) is 0 Å². The average Bonchev–Trinajstić information content (AvgIpc) is 2.73. The second kappa shape index (κ2) is 12.2. The van der Waals surface area contributed by atoms with Crippen LogP contribution in [-0.2, 0) is 25.7 Å². The summed E-state index contributed by atoms with van der Waals surface area (Å²) in [6, 6.07) is 18.0. The van der Waals surface area contributed by atoms with E-state index in [1.165, 1.54) is 0 Å². The number of rotatable bonds is 10. The minimum absolute atomic E-state index is 0.0378. The normalized spacial score (nSPS) is 11.2. The summed E-state index contributed by atoms with van der Waals surface area (Å²) in [7, 11) is 0. The van der Waals surface area contributed by atoms with Gasteiger partial charge in [-0.05, 0) is 18.1 Å². The molecule has 0 radical (unpaired) electrons. The molecule has 2 aromatic rings. The van der Waals surface area contributed by atoms with Crippen LogP contribution in [0.25, 0.3) is 0 Å². The number of hydrogen-bond donors (Lipinski definition) is 2. The quantitative estimate of drug-likeness (QED) is 0.600. The number of ether oxygens (including phenoxy) is 2. The van der Waals surface area contributed by atoms with Gasteiger partial charge in [-0.25, -0.2) is 4.79 Å². The zero-order valence-electron chi connectivity index (χ0n) is 16.4. The first-order chi connectivity index (χ1) is 14.1. The Morgan fingerprint density at radius 3 is 2.24 bits per heavy atom. The van der Waals surface area contributed by atoms with Crippen LogP contribution in [0.1, 0.15) is 36.9 Å². The molecule has 1 atom stereocenters. The number of nitrogens with one attached hydrogen (secondary N) is 2. The molecule has 0 spiro atoms. The summed E-state index contributed by atoms with van der Waals surface area (Å²) in [6.07, 6.45) is -0.490. The first-order valence-electron chi connectivity index (χ1n) is 9.53. The third-order valence-electron chi connectivity index (χ3n) is 4.05. The van der Waals surface area contributed by atoms with Crippen molar-refractivity contribution in [1.29, 1.82) is 0 Å². The Morgan fingerprint density at radius 2 is 1.59 bits per heavy atom. The number of hydrogen-bond acceptors (Lipinski definition) is 5. The molecule has 2 rings (SSSR count). The van der Waals surface area contributed by atoms with E-state index in [9.17, 15) is 14.4 Å².